The van der Waals surface area contributed by atoms with Gasteiger partial charge in [0, 0.05) is 38.6 Å². The van der Waals surface area contributed by atoms with Crippen molar-refractivity contribution < 1.29 is 4.58 Å². The van der Waals surface area contributed by atoms with E-state index in [4.69, 9.17) is 0 Å². The summed E-state index contributed by atoms with van der Waals surface area (Å²) in [7, 11) is 4.39. The summed E-state index contributed by atoms with van der Waals surface area (Å²) in [5.74, 6) is 0. The highest BCUT2D eigenvalue weighted by molar-refractivity contribution is 5.89. The Morgan fingerprint density at radius 1 is 1.29 bits per heavy atom. The summed E-state index contributed by atoms with van der Waals surface area (Å²) in [5.41, 5.74) is 2.91. The van der Waals surface area contributed by atoms with Crippen LogP contribution in [0.15, 0.2) is 11.8 Å². The van der Waals surface area contributed by atoms with E-state index in [0.29, 0.717) is 0 Å². The summed E-state index contributed by atoms with van der Waals surface area (Å²) in [5, 5.41) is 0. The molecule has 0 saturated heterocycles. The van der Waals surface area contributed by atoms with Crippen LogP contribution in [0.4, 0.5) is 0 Å². The van der Waals surface area contributed by atoms with E-state index in [0.717, 1.165) is 12.8 Å². The van der Waals surface area contributed by atoms with Crippen molar-refractivity contribution in [3.8, 4) is 0 Å². The molecular formula is C12H23N2+. The molecule has 0 amide bonds. The average molecular weight is 195 g/mol. The summed E-state index contributed by atoms with van der Waals surface area (Å²) in [4.78, 5) is 2.40. The van der Waals surface area contributed by atoms with Crippen LogP contribution in [0, 0.1) is 0 Å². The first-order chi connectivity index (χ1) is 6.49. The smallest absolute Gasteiger partial charge is 0.237 e. The molecule has 0 N–H and O–H groups in total. The van der Waals surface area contributed by atoms with Crippen molar-refractivity contribution in [1.82, 2.24) is 4.90 Å². The molecule has 0 aromatic heterocycles. The highest BCUT2D eigenvalue weighted by Crippen LogP contribution is 2.29. The Kier molecular flexibility index (Phi) is 3.03. The van der Waals surface area contributed by atoms with E-state index in [2.05, 4.69) is 57.3 Å². The zero-order valence-electron chi connectivity index (χ0n) is 10.4. The third-order valence-electron chi connectivity index (χ3n) is 3.86. The zero-order valence-corrected chi connectivity index (χ0v) is 10.4. The molecule has 0 bridgehead atoms. The van der Waals surface area contributed by atoms with Crippen LogP contribution in [-0.4, -0.2) is 34.9 Å². The monoisotopic (exact) mass is 195 g/mol. The fourth-order valence-corrected chi connectivity index (χ4v) is 2.58. The Morgan fingerprint density at radius 2 is 1.79 bits per heavy atom. The summed E-state index contributed by atoms with van der Waals surface area (Å²) in [6.07, 6.45) is 4.56. The molecule has 2 heteroatoms. The normalized spacial score (nSPS) is 21.3. The molecule has 0 unspecified atom stereocenters. The molecule has 14 heavy (non-hydrogen) atoms. The van der Waals surface area contributed by atoms with Gasteiger partial charge in [0.25, 0.3) is 0 Å². The van der Waals surface area contributed by atoms with Crippen molar-refractivity contribution in [2.24, 2.45) is 0 Å². The number of hydrogen-bond donors (Lipinski definition) is 0. The highest BCUT2D eigenvalue weighted by atomic mass is 15.4. The van der Waals surface area contributed by atoms with Gasteiger partial charge in [-0.3, -0.25) is 0 Å². The van der Waals surface area contributed by atoms with Gasteiger partial charge >= 0.3 is 0 Å². The van der Waals surface area contributed by atoms with Gasteiger partial charge in [-0.1, -0.05) is 13.8 Å². The van der Waals surface area contributed by atoms with E-state index in [1.165, 1.54) is 11.4 Å². The molecule has 0 aromatic rings. The van der Waals surface area contributed by atoms with Gasteiger partial charge in [0.1, 0.15) is 7.05 Å². The molecule has 1 rings (SSSR count). The molecule has 1 aliphatic heterocycles. The molecule has 0 atom stereocenters. The topological polar surface area (TPSA) is 6.25 Å². The first-order valence-corrected chi connectivity index (χ1v) is 5.49. The van der Waals surface area contributed by atoms with Crippen molar-refractivity contribution in [1.29, 1.82) is 0 Å². The van der Waals surface area contributed by atoms with Gasteiger partial charge in [0.2, 0.25) is 5.66 Å². The minimum absolute atomic E-state index is 0.183. The standard InChI is InChI=1S/C12H23N2/c1-7-12(8-2)13(5)10(3)9-11(4)14(12)6/h9H,7-8H2,1-6H3/q+1. The lowest BCUT2D eigenvalue weighted by Gasteiger charge is -2.41. The van der Waals surface area contributed by atoms with Gasteiger partial charge in [-0.05, 0) is 6.92 Å². The molecule has 1 heterocycles. The van der Waals surface area contributed by atoms with Gasteiger partial charge in [-0.25, -0.2) is 4.58 Å². The Bertz CT molecular complexity index is 283. The SMILES string of the molecule is CCC1(CC)N(C)C(C)=CC(C)=[N+]1C. The Hall–Kier alpha value is -0.790. The zero-order chi connectivity index (χ0) is 10.9. The fourth-order valence-electron chi connectivity index (χ4n) is 2.58. The molecular weight excluding hydrogens is 172 g/mol. The highest BCUT2D eigenvalue weighted by Gasteiger charge is 2.43. The summed E-state index contributed by atoms with van der Waals surface area (Å²) >= 11 is 0. The summed E-state index contributed by atoms with van der Waals surface area (Å²) in [6, 6.07) is 0. The Morgan fingerprint density at radius 3 is 2.21 bits per heavy atom. The molecule has 0 radical (unpaired) electrons. The van der Waals surface area contributed by atoms with Crippen molar-refractivity contribution in [3.05, 3.63) is 11.8 Å². The minimum Gasteiger partial charge on any atom is -0.319 e. The predicted octanol–water partition coefficient (Wildman–Crippen LogP) is 2.46. The molecule has 0 fully saturated rings. The molecule has 0 spiro atoms. The van der Waals surface area contributed by atoms with E-state index in [1.807, 2.05) is 0 Å². The van der Waals surface area contributed by atoms with Crippen LogP contribution in [-0.2, 0) is 0 Å². The van der Waals surface area contributed by atoms with Gasteiger partial charge in [-0.2, -0.15) is 0 Å². The van der Waals surface area contributed by atoms with Crippen LogP contribution in [0.2, 0.25) is 0 Å². The van der Waals surface area contributed by atoms with E-state index >= 15 is 0 Å². The third kappa shape index (κ3) is 1.37. The lowest BCUT2D eigenvalue weighted by atomic mass is 9.97. The number of allylic oxidation sites excluding steroid dienone is 2. The molecule has 0 aromatic carbocycles. The summed E-state index contributed by atoms with van der Waals surface area (Å²) in [6.45, 7) is 8.91. The number of hydrogen-bond acceptors (Lipinski definition) is 1. The van der Waals surface area contributed by atoms with E-state index in [-0.39, 0.29) is 5.66 Å². The molecule has 1 aliphatic rings. The molecule has 80 valence electrons. The second-order valence-electron chi connectivity index (χ2n) is 4.23. The predicted molar refractivity (Wildman–Crippen MR) is 61.7 cm³/mol. The minimum atomic E-state index is 0.183. The Balaban J connectivity index is 3.25. The molecule has 0 aliphatic carbocycles. The van der Waals surface area contributed by atoms with Gasteiger partial charge in [-0.15, -0.1) is 0 Å². The largest absolute Gasteiger partial charge is 0.319 e. The van der Waals surface area contributed by atoms with Crippen LogP contribution >= 0.6 is 0 Å². The van der Waals surface area contributed by atoms with Gasteiger partial charge < -0.3 is 4.90 Å². The number of nitrogens with zero attached hydrogens (tertiary/aromatic N) is 2. The van der Waals surface area contributed by atoms with Crippen LogP contribution in [0.5, 0.6) is 0 Å². The lowest BCUT2D eigenvalue weighted by molar-refractivity contribution is -0.614. The lowest BCUT2D eigenvalue weighted by Crippen LogP contribution is -2.55. The maximum Gasteiger partial charge on any atom is 0.237 e. The van der Waals surface area contributed by atoms with Crippen LogP contribution < -0.4 is 0 Å². The second kappa shape index (κ2) is 3.76. The second-order valence-corrected chi connectivity index (χ2v) is 4.23. The van der Waals surface area contributed by atoms with E-state index in [1.54, 1.807) is 0 Å². The quantitative estimate of drug-likeness (QED) is 0.613. The van der Waals surface area contributed by atoms with Crippen LogP contribution in [0.1, 0.15) is 40.5 Å². The third-order valence-corrected chi connectivity index (χ3v) is 3.86. The fraction of sp³-hybridized carbons (Fsp3) is 0.750. The van der Waals surface area contributed by atoms with Crippen LogP contribution in [0.25, 0.3) is 0 Å². The molecule has 2 nitrogen and oxygen atoms in total. The first-order valence-electron chi connectivity index (χ1n) is 5.49. The maximum absolute atomic E-state index is 2.40. The van der Waals surface area contributed by atoms with Crippen molar-refractivity contribution >= 4 is 5.71 Å². The van der Waals surface area contributed by atoms with Crippen LogP contribution in [0.3, 0.4) is 0 Å². The maximum atomic E-state index is 2.40. The van der Waals surface area contributed by atoms with E-state index in [9.17, 15) is 0 Å². The Labute approximate surface area is 87.9 Å². The van der Waals surface area contributed by atoms with Gasteiger partial charge in [0.05, 0.1) is 0 Å². The van der Waals surface area contributed by atoms with Crippen molar-refractivity contribution in [2.45, 2.75) is 46.2 Å². The number of rotatable bonds is 2. The average Bonchev–Trinajstić information content (AvgIpc) is 2.18. The van der Waals surface area contributed by atoms with Crippen molar-refractivity contribution in [2.75, 3.05) is 14.1 Å². The van der Waals surface area contributed by atoms with Crippen molar-refractivity contribution in [3.63, 3.8) is 0 Å². The molecule has 0 saturated carbocycles. The van der Waals surface area contributed by atoms with E-state index < -0.39 is 0 Å². The van der Waals surface area contributed by atoms with Gasteiger partial charge in [0.15, 0.2) is 5.71 Å². The first kappa shape index (κ1) is 11.3. The summed E-state index contributed by atoms with van der Waals surface area (Å²) < 4.78 is 2.40.